The van der Waals surface area contributed by atoms with E-state index in [9.17, 15) is 4.79 Å². The first-order chi connectivity index (χ1) is 10.6. The van der Waals surface area contributed by atoms with E-state index in [1.54, 1.807) is 0 Å². The van der Waals surface area contributed by atoms with Gasteiger partial charge in [0.15, 0.2) is 0 Å². The van der Waals surface area contributed by atoms with Gasteiger partial charge in [-0.25, -0.2) is 4.79 Å². The smallest absolute Gasteiger partial charge is 0.330 e. The minimum absolute atomic E-state index is 0.0585. The molecule has 1 fully saturated rings. The van der Waals surface area contributed by atoms with Crippen molar-refractivity contribution in [3.63, 3.8) is 0 Å². The Morgan fingerprint density at radius 2 is 2.27 bits per heavy atom. The normalized spacial score (nSPS) is 22.3. The minimum atomic E-state index is -0.339. The Morgan fingerprint density at radius 1 is 1.55 bits per heavy atom. The zero-order valence-electron chi connectivity index (χ0n) is 12.4. The van der Waals surface area contributed by atoms with Gasteiger partial charge in [-0.15, -0.1) is 23.5 Å². The quantitative estimate of drug-likeness (QED) is 0.450. The van der Waals surface area contributed by atoms with E-state index in [-0.39, 0.29) is 12.1 Å². The maximum atomic E-state index is 11.1. The van der Waals surface area contributed by atoms with Gasteiger partial charge in [-0.2, -0.15) is 11.8 Å². The van der Waals surface area contributed by atoms with Crippen LogP contribution in [0.5, 0.6) is 0 Å². The summed E-state index contributed by atoms with van der Waals surface area (Å²) in [5, 5.41) is 0.658. The molecule has 3 atom stereocenters. The van der Waals surface area contributed by atoms with Gasteiger partial charge in [0.2, 0.25) is 0 Å². The molecule has 0 N–H and O–H groups in total. The molecule has 0 aliphatic carbocycles. The van der Waals surface area contributed by atoms with E-state index in [2.05, 4.69) is 46.8 Å². The van der Waals surface area contributed by atoms with Crippen molar-refractivity contribution >= 4 is 57.2 Å². The molecule has 0 amide bonds. The molecule has 1 aliphatic rings. The number of thioether (sulfide) groups is 3. The highest BCUT2D eigenvalue weighted by molar-refractivity contribution is 9.10. The van der Waals surface area contributed by atoms with Gasteiger partial charge in [-0.3, -0.25) is 0 Å². The first-order valence-electron chi connectivity index (χ1n) is 7.02. The lowest BCUT2D eigenvalue weighted by Crippen LogP contribution is -2.17. The van der Waals surface area contributed by atoms with Crippen molar-refractivity contribution < 1.29 is 9.53 Å². The highest BCUT2D eigenvalue weighted by Crippen LogP contribution is 2.50. The van der Waals surface area contributed by atoms with Crippen LogP contribution >= 0.6 is 51.2 Å². The molecular formula is C16H19BrO2S3. The Hall–Kier alpha value is -0.0400. The van der Waals surface area contributed by atoms with Gasteiger partial charge in [0.05, 0.1) is 4.58 Å². The van der Waals surface area contributed by atoms with Crippen LogP contribution in [-0.4, -0.2) is 34.6 Å². The summed E-state index contributed by atoms with van der Waals surface area (Å²) in [5.41, 5.74) is 1.39. The van der Waals surface area contributed by atoms with Crippen molar-refractivity contribution in [3.8, 4) is 0 Å². The summed E-state index contributed by atoms with van der Waals surface area (Å²) in [6, 6.07) is 8.60. The van der Waals surface area contributed by atoms with E-state index in [0.717, 1.165) is 16.0 Å². The van der Waals surface area contributed by atoms with Crippen LogP contribution in [0, 0.1) is 0 Å². The zero-order chi connectivity index (χ0) is 15.9. The molecule has 6 heteroatoms. The monoisotopic (exact) mass is 418 g/mol. The van der Waals surface area contributed by atoms with Gasteiger partial charge in [-0.05, 0) is 24.6 Å². The first kappa shape index (κ1) is 18.3. The second-order valence-electron chi connectivity index (χ2n) is 4.96. The summed E-state index contributed by atoms with van der Waals surface area (Å²) in [4.78, 5) is 11.1. The Labute approximate surface area is 153 Å². The molecule has 1 aliphatic heterocycles. The molecule has 1 aromatic rings. The van der Waals surface area contributed by atoms with Crippen LogP contribution in [0.2, 0.25) is 0 Å². The van der Waals surface area contributed by atoms with E-state index in [1.165, 1.54) is 17.4 Å². The number of carbonyl (C=O) groups excluding carboxylic acids is 1. The van der Waals surface area contributed by atoms with E-state index in [4.69, 9.17) is 4.74 Å². The second-order valence-corrected chi connectivity index (χ2v) is 9.80. The molecule has 0 spiro atoms. The number of ether oxygens (including phenoxy) is 1. The number of halogens is 1. The van der Waals surface area contributed by atoms with E-state index in [1.807, 2.05) is 42.2 Å². The average molecular weight is 419 g/mol. The molecule has 120 valence electrons. The van der Waals surface area contributed by atoms with Gasteiger partial charge in [-0.1, -0.05) is 34.6 Å². The molecule has 0 saturated carbocycles. The van der Waals surface area contributed by atoms with Crippen LogP contribution in [0.1, 0.15) is 17.1 Å². The topological polar surface area (TPSA) is 26.3 Å². The highest BCUT2D eigenvalue weighted by Gasteiger charge is 2.27. The molecule has 0 radical (unpaired) electrons. The van der Waals surface area contributed by atoms with E-state index in [0.29, 0.717) is 9.83 Å². The fourth-order valence-corrected chi connectivity index (χ4v) is 7.00. The summed E-state index contributed by atoms with van der Waals surface area (Å²) >= 11 is 9.40. The van der Waals surface area contributed by atoms with E-state index >= 15 is 0 Å². The lowest BCUT2D eigenvalue weighted by molar-refractivity contribution is -0.141. The molecule has 2 rings (SSSR count). The third-order valence-electron chi connectivity index (χ3n) is 3.03. The SMILES string of the molecule is C=CC(=O)OC(C)CSCC1CSC(c2ccc(Br)cc2)S1. The molecule has 1 heterocycles. The van der Waals surface area contributed by atoms with Gasteiger partial charge >= 0.3 is 5.97 Å². The van der Waals surface area contributed by atoms with Crippen LogP contribution in [0.25, 0.3) is 0 Å². The standard InChI is InChI=1S/C16H19BrO2S3/c1-3-15(18)19-11(2)8-20-9-14-10-21-16(22-14)12-4-6-13(17)7-5-12/h3-7,11,14,16H,1,8-10H2,2H3. The molecule has 0 bridgehead atoms. The van der Waals surface area contributed by atoms with Crippen molar-refractivity contribution in [3.05, 3.63) is 47.0 Å². The van der Waals surface area contributed by atoms with Crippen LogP contribution in [-0.2, 0) is 9.53 Å². The minimum Gasteiger partial charge on any atom is -0.459 e. The van der Waals surface area contributed by atoms with Crippen molar-refractivity contribution in [1.29, 1.82) is 0 Å². The van der Waals surface area contributed by atoms with Gasteiger partial charge in [0, 0.05) is 33.1 Å². The van der Waals surface area contributed by atoms with Crippen molar-refractivity contribution in [2.75, 3.05) is 17.3 Å². The van der Waals surface area contributed by atoms with Crippen LogP contribution < -0.4 is 0 Å². The Bertz CT molecular complexity index is 507. The summed E-state index contributed by atoms with van der Waals surface area (Å²) in [6.07, 6.45) is 1.16. The number of rotatable bonds is 7. The average Bonchev–Trinajstić information content (AvgIpc) is 2.96. The fraction of sp³-hybridized carbons (Fsp3) is 0.438. The third kappa shape index (κ3) is 5.87. The number of hydrogen-bond donors (Lipinski definition) is 0. The summed E-state index contributed by atoms with van der Waals surface area (Å²) < 4.78 is 6.83. The molecule has 1 aromatic carbocycles. The zero-order valence-corrected chi connectivity index (χ0v) is 16.4. The third-order valence-corrected chi connectivity index (χ3v) is 8.47. The van der Waals surface area contributed by atoms with Crippen LogP contribution in [0.15, 0.2) is 41.4 Å². The largest absolute Gasteiger partial charge is 0.459 e. The molecule has 2 nitrogen and oxygen atoms in total. The van der Waals surface area contributed by atoms with Gasteiger partial charge in [0.25, 0.3) is 0 Å². The number of carbonyl (C=O) groups is 1. The summed E-state index contributed by atoms with van der Waals surface area (Å²) in [7, 11) is 0. The Balaban J connectivity index is 1.69. The lowest BCUT2D eigenvalue weighted by Gasteiger charge is -2.13. The Kier molecular flexibility index (Phi) is 7.74. The maximum Gasteiger partial charge on any atom is 0.330 e. The number of esters is 1. The predicted molar refractivity (Wildman–Crippen MR) is 104 cm³/mol. The Morgan fingerprint density at radius 3 is 2.95 bits per heavy atom. The second kappa shape index (κ2) is 9.30. The van der Waals surface area contributed by atoms with Gasteiger partial charge < -0.3 is 4.74 Å². The highest BCUT2D eigenvalue weighted by atomic mass is 79.9. The first-order valence-corrected chi connectivity index (χ1v) is 11.0. The van der Waals surface area contributed by atoms with Crippen molar-refractivity contribution in [2.45, 2.75) is 22.9 Å². The van der Waals surface area contributed by atoms with Gasteiger partial charge in [0.1, 0.15) is 6.10 Å². The fourth-order valence-electron chi connectivity index (χ4n) is 1.98. The molecule has 3 unspecified atom stereocenters. The van der Waals surface area contributed by atoms with Crippen molar-refractivity contribution in [1.82, 2.24) is 0 Å². The number of benzene rings is 1. The van der Waals surface area contributed by atoms with E-state index < -0.39 is 0 Å². The summed E-state index contributed by atoms with van der Waals surface area (Å²) in [5.74, 6) is 2.78. The van der Waals surface area contributed by atoms with Crippen molar-refractivity contribution in [2.24, 2.45) is 0 Å². The molecular weight excluding hydrogens is 400 g/mol. The number of hydrogen-bond acceptors (Lipinski definition) is 5. The molecule has 22 heavy (non-hydrogen) atoms. The predicted octanol–water partition coefficient (Wildman–Crippen LogP) is 5.15. The molecule has 1 saturated heterocycles. The van der Waals surface area contributed by atoms with Crippen LogP contribution in [0.4, 0.5) is 0 Å². The summed E-state index contributed by atoms with van der Waals surface area (Å²) in [6.45, 7) is 5.34. The molecule has 0 aromatic heterocycles. The maximum absolute atomic E-state index is 11.1. The lowest BCUT2D eigenvalue weighted by atomic mass is 10.2. The van der Waals surface area contributed by atoms with Crippen LogP contribution in [0.3, 0.4) is 0 Å².